The van der Waals surface area contributed by atoms with E-state index in [1.165, 1.54) is 11.3 Å². The number of hydrogen-bond acceptors (Lipinski definition) is 4. The molecule has 0 atom stereocenters. The standard InChI is InChI=1S/C27H28N4O2/c1-20-5-3-7-24(17-20)29-13-15-30(16-14-29)27(32)22-8-10-25(11-9-22)33-19-23-18-31-12-4-6-21(2)26(31)28-23/h3-12,17-18H,13-16,19H2,1-2H3. The average molecular weight is 441 g/mol. The Morgan fingerprint density at radius 3 is 2.48 bits per heavy atom. The van der Waals surface area contributed by atoms with E-state index >= 15 is 0 Å². The molecular formula is C27H28N4O2. The molecule has 33 heavy (non-hydrogen) atoms. The van der Waals surface area contributed by atoms with Crippen molar-refractivity contribution < 1.29 is 9.53 Å². The van der Waals surface area contributed by atoms with Crippen LogP contribution in [0.3, 0.4) is 0 Å². The average Bonchev–Trinajstić information content (AvgIpc) is 3.27. The van der Waals surface area contributed by atoms with Crippen LogP contribution in [0.15, 0.2) is 73.1 Å². The summed E-state index contributed by atoms with van der Waals surface area (Å²) in [4.78, 5) is 21.9. The second-order valence-electron chi connectivity index (χ2n) is 8.59. The van der Waals surface area contributed by atoms with E-state index in [1.807, 2.05) is 65.0 Å². The molecule has 0 aliphatic carbocycles. The van der Waals surface area contributed by atoms with Gasteiger partial charge in [-0.3, -0.25) is 4.79 Å². The minimum Gasteiger partial charge on any atom is -0.487 e. The van der Waals surface area contributed by atoms with Crippen LogP contribution in [0.2, 0.25) is 0 Å². The minimum atomic E-state index is 0.0706. The van der Waals surface area contributed by atoms with Crippen molar-refractivity contribution in [2.24, 2.45) is 0 Å². The minimum absolute atomic E-state index is 0.0706. The van der Waals surface area contributed by atoms with E-state index in [1.54, 1.807) is 0 Å². The molecule has 168 valence electrons. The molecule has 1 saturated heterocycles. The number of anilines is 1. The molecule has 1 fully saturated rings. The maximum Gasteiger partial charge on any atom is 0.253 e. The number of hydrogen-bond donors (Lipinski definition) is 0. The smallest absolute Gasteiger partial charge is 0.253 e. The van der Waals surface area contributed by atoms with Crippen LogP contribution in [0.25, 0.3) is 5.65 Å². The number of carbonyl (C=O) groups is 1. The first kappa shape index (κ1) is 21.1. The maximum atomic E-state index is 13.0. The van der Waals surface area contributed by atoms with Crippen LogP contribution in [-0.2, 0) is 6.61 Å². The van der Waals surface area contributed by atoms with Gasteiger partial charge in [0.2, 0.25) is 0 Å². The van der Waals surface area contributed by atoms with Gasteiger partial charge in [0.1, 0.15) is 18.0 Å². The number of piperazine rings is 1. The zero-order chi connectivity index (χ0) is 22.8. The molecule has 0 radical (unpaired) electrons. The maximum absolute atomic E-state index is 13.0. The molecule has 3 heterocycles. The Morgan fingerprint density at radius 1 is 0.970 bits per heavy atom. The van der Waals surface area contributed by atoms with Crippen LogP contribution < -0.4 is 9.64 Å². The zero-order valence-corrected chi connectivity index (χ0v) is 19.1. The van der Waals surface area contributed by atoms with Gasteiger partial charge in [0.05, 0.1) is 5.69 Å². The molecule has 0 spiro atoms. The SMILES string of the molecule is Cc1cccc(N2CCN(C(=O)c3ccc(OCc4cn5cccc(C)c5n4)cc3)CC2)c1. The Hall–Kier alpha value is -3.80. The van der Waals surface area contributed by atoms with Gasteiger partial charge in [-0.15, -0.1) is 0 Å². The van der Waals surface area contributed by atoms with E-state index in [-0.39, 0.29) is 5.91 Å². The third-order valence-corrected chi connectivity index (χ3v) is 6.15. The van der Waals surface area contributed by atoms with Crippen molar-refractivity contribution in [3.8, 4) is 5.75 Å². The fourth-order valence-corrected chi connectivity index (χ4v) is 4.30. The summed E-state index contributed by atoms with van der Waals surface area (Å²) in [6.45, 7) is 7.66. The molecular weight excluding hydrogens is 412 g/mol. The van der Waals surface area contributed by atoms with Gasteiger partial charge in [0.15, 0.2) is 0 Å². The number of benzene rings is 2. The summed E-state index contributed by atoms with van der Waals surface area (Å²) in [7, 11) is 0. The predicted octanol–water partition coefficient (Wildman–Crippen LogP) is 4.49. The van der Waals surface area contributed by atoms with Crippen molar-refractivity contribution in [1.82, 2.24) is 14.3 Å². The molecule has 6 heteroatoms. The number of carbonyl (C=O) groups excluding carboxylic acids is 1. The number of rotatable bonds is 5. The fourth-order valence-electron chi connectivity index (χ4n) is 4.30. The van der Waals surface area contributed by atoms with E-state index in [2.05, 4.69) is 41.1 Å². The molecule has 6 nitrogen and oxygen atoms in total. The summed E-state index contributed by atoms with van der Waals surface area (Å²) in [6.07, 6.45) is 3.97. The first-order valence-corrected chi connectivity index (χ1v) is 11.3. The molecule has 5 rings (SSSR count). The molecule has 0 saturated carbocycles. The highest BCUT2D eigenvalue weighted by molar-refractivity contribution is 5.94. The van der Waals surface area contributed by atoms with E-state index in [9.17, 15) is 4.79 Å². The second-order valence-corrected chi connectivity index (χ2v) is 8.59. The Balaban J connectivity index is 1.17. The highest BCUT2D eigenvalue weighted by atomic mass is 16.5. The Kier molecular flexibility index (Phi) is 5.73. The zero-order valence-electron chi connectivity index (χ0n) is 19.1. The number of amides is 1. The number of aryl methyl sites for hydroxylation is 2. The van der Waals surface area contributed by atoms with Crippen LogP contribution >= 0.6 is 0 Å². The van der Waals surface area contributed by atoms with E-state index in [0.29, 0.717) is 12.2 Å². The largest absolute Gasteiger partial charge is 0.487 e. The van der Waals surface area contributed by atoms with Crippen molar-refractivity contribution in [2.75, 3.05) is 31.1 Å². The van der Waals surface area contributed by atoms with Crippen LogP contribution in [0.5, 0.6) is 5.75 Å². The molecule has 1 aliphatic rings. The summed E-state index contributed by atoms with van der Waals surface area (Å²) < 4.78 is 7.92. The lowest BCUT2D eigenvalue weighted by atomic mass is 10.1. The molecule has 0 N–H and O–H groups in total. The molecule has 0 bridgehead atoms. The van der Waals surface area contributed by atoms with E-state index in [4.69, 9.17) is 4.74 Å². The molecule has 4 aromatic rings. The summed E-state index contributed by atoms with van der Waals surface area (Å²) in [6, 6.07) is 20.0. The summed E-state index contributed by atoms with van der Waals surface area (Å²) in [5.41, 5.74) is 6.12. The van der Waals surface area contributed by atoms with Crippen molar-refractivity contribution in [2.45, 2.75) is 20.5 Å². The van der Waals surface area contributed by atoms with E-state index in [0.717, 1.165) is 48.8 Å². The molecule has 0 unspecified atom stereocenters. The van der Waals surface area contributed by atoms with Gasteiger partial charge in [-0.05, 0) is 67.4 Å². The van der Waals surface area contributed by atoms with Crippen LogP contribution in [0.1, 0.15) is 27.2 Å². The number of imidazole rings is 1. The molecule has 1 amide bonds. The molecule has 1 aliphatic heterocycles. The lowest BCUT2D eigenvalue weighted by Crippen LogP contribution is -2.48. The predicted molar refractivity (Wildman–Crippen MR) is 130 cm³/mol. The Bertz CT molecular complexity index is 1270. The summed E-state index contributed by atoms with van der Waals surface area (Å²) in [5, 5.41) is 0. The topological polar surface area (TPSA) is 50.1 Å². The third kappa shape index (κ3) is 4.55. The van der Waals surface area contributed by atoms with Crippen molar-refractivity contribution in [3.05, 3.63) is 95.4 Å². The van der Waals surface area contributed by atoms with Gasteiger partial charge in [-0.25, -0.2) is 4.98 Å². The van der Waals surface area contributed by atoms with Gasteiger partial charge in [-0.2, -0.15) is 0 Å². The third-order valence-electron chi connectivity index (χ3n) is 6.15. The van der Waals surface area contributed by atoms with E-state index < -0.39 is 0 Å². The number of fused-ring (bicyclic) bond motifs is 1. The second kappa shape index (κ2) is 8.98. The van der Waals surface area contributed by atoms with Gasteiger partial charge in [-0.1, -0.05) is 18.2 Å². The number of pyridine rings is 1. The Labute approximate surface area is 194 Å². The Morgan fingerprint density at radius 2 is 1.76 bits per heavy atom. The first-order valence-electron chi connectivity index (χ1n) is 11.3. The number of nitrogens with zero attached hydrogens (tertiary/aromatic N) is 4. The van der Waals surface area contributed by atoms with Gasteiger partial charge in [0, 0.05) is 49.8 Å². The van der Waals surface area contributed by atoms with Crippen molar-refractivity contribution in [3.63, 3.8) is 0 Å². The van der Waals surface area contributed by atoms with Gasteiger partial charge >= 0.3 is 0 Å². The molecule has 2 aromatic heterocycles. The quantitative estimate of drug-likeness (QED) is 0.459. The highest BCUT2D eigenvalue weighted by Crippen LogP contribution is 2.20. The van der Waals surface area contributed by atoms with Crippen molar-refractivity contribution >= 4 is 17.2 Å². The van der Waals surface area contributed by atoms with Crippen LogP contribution in [0, 0.1) is 13.8 Å². The summed E-state index contributed by atoms with van der Waals surface area (Å²) in [5.74, 6) is 0.797. The number of ether oxygens (including phenoxy) is 1. The van der Waals surface area contributed by atoms with Crippen LogP contribution in [-0.4, -0.2) is 46.4 Å². The normalized spacial score (nSPS) is 14.0. The first-order chi connectivity index (χ1) is 16.1. The molecule has 2 aromatic carbocycles. The van der Waals surface area contributed by atoms with Crippen LogP contribution in [0.4, 0.5) is 5.69 Å². The van der Waals surface area contributed by atoms with Gasteiger partial charge in [0.25, 0.3) is 5.91 Å². The van der Waals surface area contributed by atoms with Crippen molar-refractivity contribution in [1.29, 1.82) is 0 Å². The number of aromatic nitrogens is 2. The lowest BCUT2D eigenvalue weighted by Gasteiger charge is -2.36. The lowest BCUT2D eigenvalue weighted by molar-refractivity contribution is 0.0746. The highest BCUT2D eigenvalue weighted by Gasteiger charge is 2.22. The monoisotopic (exact) mass is 440 g/mol. The fraction of sp³-hybridized carbons (Fsp3) is 0.259. The van der Waals surface area contributed by atoms with Gasteiger partial charge < -0.3 is 18.9 Å². The summed E-state index contributed by atoms with van der Waals surface area (Å²) >= 11 is 0.